The van der Waals surface area contributed by atoms with Gasteiger partial charge < -0.3 is 10.2 Å². The van der Waals surface area contributed by atoms with Crippen LogP contribution >= 0.6 is 0 Å². The third-order valence-electron chi connectivity index (χ3n) is 6.33. The van der Waals surface area contributed by atoms with Crippen LogP contribution in [0.3, 0.4) is 0 Å². The van der Waals surface area contributed by atoms with Crippen molar-refractivity contribution in [2.24, 2.45) is 5.92 Å². The quantitative estimate of drug-likeness (QED) is 0.811. The van der Waals surface area contributed by atoms with Crippen molar-refractivity contribution >= 4 is 5.97 Å². The first-order valence-corrected chi connectivity index (χ1v) is 9.91. The van der Waals surface area contributed by atoms with Gasteiger partial charge in [-0.1, -0.05) is 42.5 Å². The number of phenolic OH excluding ortho intramolecular Hbond substituents is 1. The van der Waals surface area contributed by atoms with Crippen LogP contribution in [-0.2, 0) is 11.2 Å². The molecule has 0 aliphatic carbocycles. The zero-order chi connectivity index (χ0) is 18.8. The molecule has 2 aromatic carbocycles. The average molecular weight is 365 g/mol. The van der Waals surface area contributed by atoms with Crippen LogP contribution in [0.4, 0.5) is 0 Å². The highest BCUT2D eigenvalue weighted by atomic mass is 16.4. The Balaban J connectivity index is 1.45. The molecular formula is C23H27NO3. The zero-order valence-corrected chi connectivity index (χ0v) is 15.5. The molecule has 2 aromatic rings. The third-order valence-corrected chi connectivity index (χ3v) is 6.33. The summed E-state index contributed by atoms with van der Waals surface area (Å²) in [7, 11) is 0. The molecule has 0 aromatic heterocycles. The number of carboxylic acid groups (broad SMARTS) is 1. The molecule has 0 saturated carbocycles. The number of nitrogens with zero attached hydrogens (tertiary/aromatic N) is 1. The van der Waals surface area contributed by atoms with Crippen LogP contribution < -0.4 is 0 Å². The lowest BCUT2D eigenvalue weighted by Crippen LogP contribution is -2.46. The maximum Gasteiger partial charge on any atom is 0.308 e. The summed E-state index contributed by atoms with van der Waals surface area (Å²) in [5.74, 6) is -0.277. The molecule has 2 fully saturated rings. The molecule has 0 amide bonds. The van der Waals surface area contributed by atoms with Crippen LogP contribution in [-0.4, -0.2) is 39.7 Å². The van der Waals surface area contributed by atoms with Gasteiger partial charge in [0.05, 0.1) is 5.92 Å². The molecule has 3 atom stereocenters. The van der Waals surface area contributed by atoms with E-state index >= 15 is 0 Å². The van der Waals surface area contributed by atoms with Gasteiger partial charge in [-0.2, -0.15) is 0 Å². The molecule has 2 heterocycles. The van der Waals surface area contributed by atoms with Crippen molar-refractivity contribution in [3.63, 3.8) is 0 Å². The lowest BCUT2D eigenvalue weighted by molar-refractivity contribution is -0.142. The number of hydrogen-bond donors (Lipinski definition) is 2. The van der Waals surface area contributed by atoms with E-state index in [0.717, 1.165) is 31.2 Å². The van der Waals surface area contributed by atoms with Crippen molar-refractivity contribution in [1.82, 2.24) is 4.90 Å². The van der Waals surface area contributed by atoms with Crippen molar-refractivity contribution in [3.05, 3.63) is 65.7 Å². The number of rotatable bonds is 6. The molecule has 2 bridgehead atoms. The van der Waals surface area contributed by atoms with Gasteiger partial charge in [-0.25, -0.2) is 0 Å². The number of hydrogen-bond acceptors (Lipinski definition) is 3. The number of aliphatic carboxylic acids is 1. The Morgan fingerprint density at radius 3 is 2.37 bits per heavy atom. The number of carbonyl (C=O) groups is 1. The maximum atomic E-state index is 11.9. The van der Waals surface area contributed by atoms with Gasteiger partial charge in [0, 0.05) is 18.6 Å². The van der Waals surface area contributed by atoms with Gasteiger partial charge in [0.1, 0.15) is 5.75 Å². The van der Waals surface area contributed by atoms with E-state index in [1.165, 1.54) is 5.56 Å². The second kappa shape index (κ2) is 7.73. The predicted molar refractivity (Wildman–Crippen MR) is 105 cm³/mol. The molecule has 2 aliphatic heterocycles. The summed E-state index contributed by atoms with van der Waals surface area (Å²) in [6.07, 6.45) is 4.99. The molecule has 4 rings (SSSR count). The van der Waals surface area contributed by atoms with E-state index in [9.17, 15) is 15.0 Å². The fraction of sp³-hybridized carbons (Fsp3) is 0.435. The molecule has 2 saturated heterocycles. The van der Waals surface area contributed by atoms with Crippen LogP contribution in [0, 0.1) is 5.92 Å². The Morgan fingerprint density at radius 2 is 1.74 bits per heavy atom. The molecule has 0 radical (unpaired) electrons. The standard InChI is InChI=1S/C23H27NO3/c25-22-8-4-7-17(14-22)18-12-20-9-10-21(13-18)24(20)15-19(23(26)27)11-16-5-2-1-3-6-16/h1-8,14,18-21,25H,9-13,15H2,(H,26,27). The minimum absolute atomic E-state index is 0.330. The van der Waals surface area contributed by atoms with Crippen molar-refractivity contribution in [1.29, 1.82) is 0 Å². The minimum Gasteiger partial charge on any atom is -0.508 e. The first-order valence-electron chi connectivity index (χ1n) is 9.91. The predicted octanol–water partition coefficient (Wildman–Crippen LogP) is 4.05. The largest absolute Gasteiger partial charge is 0.508 e. The summed E-state index contributed by atoms with van der Waals surface area (Å²) in [6.45, 7) is 0.631. The number of carboxylic acids is 1. The Labute approximate surface area is 160 Å². The molecule has 4 nitrogen and oxygen atoms in total. The summed E-state index contributed by atoms with van der Waals surface area (Å²) < 4.78 is 0. The Hall–Kier alpha value is -2.33. The van der Waals surface area contributed by atoms with Crippen LogP contribution in [0.5, 0.6) is 5.75 Å². The Bertz CT molecular complexity index is 777. The summed E-state index contributed by atoms with van der Waals surface area (Å²) in [5.41, 5.74) is 2.30. The van der Waals surface area contributed by atoms with Gasteiger partial charge in [0.15, 0.2) is 0 Å². The van der Waals surface area contributed by atoms with Crippen molar-refractivity contribution < 1.29 is 15.0 Å². The van der Waals surface area contributed by atoms with Gasteiger partial charge in [0.2, 0.25) is 0 Å². The topological polar surface area (TPSA) is 60.8 Å². The average Bonchev–Trinajstić information content (AvgIpc) is 2.89. The SMILES string of the molecule is O=C(O)C(Cc1ccccc1)CN1C2CCC1CC(c1cccc(O)c1)C2. The monoisotopic (exact) mass is 365 g/mol. The van der Waals surface area contributed by atoms with E-state index in [1.807, 2.05) is 42.5 Å². The minimum atomic E-state index is -0.701. The molecule has 0 spiro atoms. The van der Waals surface area contributed by atoms with Crippen molar-refractivity contribution in [2.45, 2.75) is 50.1 Å². The van der Waals surface area contributed by atoms with E-state index in [-0.39, 0.29) is 5.92 Å². The summed E-state index contributed by atoms with van der Waals surface area (Å²) >= 11 is 0. The van der Waals surface area contributed by atoms with Crippen molar-refractivity contribution in [3.8, 4) is 5.75 Å². The highest BCUT2D eigenvalue weighted by molar-refractivity contribution is 5.70. The summed E-state index contributed by atoms with van der Waals surface area (Å²) in [6, 6.07) is 18.5. The fourth-order valence-corrected chi connectivity index (χ4v) is 5.01. The van der Waals surface area contributed by atoms with Crippen LogP contribution in [0.1, 0.15) is 42.7 Å². The molecule has 4 heteroatoms. The maximum absolute atomic E-state index is 11.9. The van der Waals surface area contributed by atoms with Gasteiger partial charge in [0.25, 0.3) is 0 Å². The molecule has 2 N–H and O–H groups in total. The summed E-state index contributed by atoms with van der Waals surface area (Å²) in [5, 5.41) is 19.6. The third kappa shape index (κ3) is 4.01. The lowest BCUT2D eigenvalue weighted by Gasteiger charge is -2.40. The van der Waals surface area contributed by atoms with Gasteiger partial charge in [-0.3, -0.25) is 9.69 Å². The van der Waals surface area contributed by atoms with Crippen LogP contribution in [0.2, 0.25) is 0 Å². The fourth-order valence-electron chi connectivity index (χ4n) is 5.01. The molecule has 3 unspecified atom stereocenters. The van der Waals surface area contributed by atoms with Crippen LogP contribution in [0.25, 0.3) is 0 Å². The number of fused-ring (bicyclic) bond motifs is 2. The van der Waals surface area contributed by atoms with Crippen LogP contribution in [0.15, 0.2) is 54.6 Å². The number of phenols is 1. The second-order valence-electron chi connectivity index (χ2n) is 8.07. The van der Waals surface area contributed by atoms with E-state index in [4.69, 9.17) is 0 Å². The Morgan fingerprint density at radius 1 is 1.04 bits per heavy atom. The molecule has 142 valence electrons. The van der Waals surface area contributed by atoms with Gasteiger partial charge in [-0.15, -0.1) is 0 Å². The van der Waals surface area contributed by atoms with E-state index in [2.05, 4.69) is 11.0 Å². The first-order chi connectivity index (χ1) is 13.1. The van der Waals surface area contributed by atoms with Gasteiger partial charge >= 0.3 is 5.97 Å². The second-order valence-corrected chi connectivity index (χ2v) is 8.07. The smallest absolute Gasteiger partial charge is 0.308 e. The normalized spacial score (nSPS) is 26.0. The van der Waals surface area contributed by atoms with Gasteiger partial charge in [-0.05, 0) is 61.3 Å². The molecular weight excluding hydrogens is 338 g/mol. The zero-order valence-electron chi connectivity index (χ0n) is 15.5. The highest BCUT2D eigenvalue weighted by Crippen LogP contribution is 2.43. The number of aromatic hydroxyl groups is 1. The number of benzene rings is 2. The Kier molecular flexibility index (Phi) is 5.17. The lowest BCUT2D eigenvalue weighted by atomic mass is 9.84. The van der Waals surface area contributed by atoms with Crippen molar-refractivity contribution in [2.75, 3.05) is 6.54 Å². The van der Waals surface area contributed by atoms with E-state index < -0.39 is 5.97 Å². The molecule has 2 aliphatic rings. The molecule has 27 heavy (non-hydrogen) atoms. The highest BCUT2D eigenvalue weighted by Gasteiger charge is 2.42. The summed E-state index contributed by atoms with van der Waals surface area (Å²) in [4.78, 5) is 14.3. The van der Waals surface area contributed by atoms with E-state index in [0.29, 0.717) is 36.7 Å². The first kappa shape index (κ1) is 18.1. The number of piperidine rings is 1. The van der Waals surface area contributed by atoms with E-state index in [1.54, 1.807) is 6.07 Å².